The number of anilines is 1. The van der Waals surface area contributed by atoms with Crippen LogP contribution >= 0.6 is 11.8 Å². The molecule has 32 heavy (non-hydrogen) atoms. The molecule has 8 nitrogen and oxygen atoms in total. The predicted octanol–water partition coefficient (Wildman–Crippen LogP) is 2.75. The van der Waals surface area contributed by atoms with Crippen molar-refractivity contribution in [1.29, 1.82) is 0 Å². The van der Waals surface area contributed by atoms with Crippen molar-refractivity contribution in [3.05, 3.63) is 50.1 Å². The Kier molecular flexibility index (Phi) is 3.86. The molecule has 6 rings (SSSR count). The quantitative estimate of drug-likeness (QED) is 0.354. The lowest BCUT2D eigenvalue weighted by molar-refractivity contribution is -0.172. The van der Waals surface area contributed by atoms with E-state index in [0.717, 1.165) is 21.4 Å². The molecule has 0 saturated carbocycles. The van der Waals surface area contributed by atoms with Crippen molar-refractivity contribution >= 4 is 40.4 Å². The summed E-state index contributed by atoms with van der Waals surface area (Å²) < 4.78 is 12.2. The van der Waals surface area contributed by atoms with Crippen LogP contribution in [0, 0.1) is 0 Å². The Bertz CT molecular complexity index is 1480. The first-order valence-corrected chi connectivity index (χ1v) is 11.1. The summed E-state index contributed by atoms with van der Waals surface area (Å²) in [6.07, 6.45) is 2.11. The van der Waals surface area contributed by atoms with Gasteiger partial charge in [0, 0.05) is 27.5 Å². The molecule has 3 N–H and O–H groups in total. The highest BCUT2D eigenvalue weighted by Gasteiger charge is 2.45. The zero-order chi connectivity index (χ0) is 22.4. The van der Waals surface area contributed by atoms with Gasteiger partial charge in [0.05, 0.1) is 41.8 Å². The van der Waals surface area contributed by atoms with Crippen molar-refractivity contribution in [2.75, 3.05) is 12.8 Å². The Labute approximate surface area is 186 Å². The number of nitrogens with zero attached hydrogens (tertiary/aromatic N) is 2. The second-order valence-electron chi connectivity index (χ2n) is 8.09. The minimum absolute atomic E-state index is 0.102. The Morgan fingerprint density at radius 3 is 2.91 bits per heavy atom. The fourth-order valence-corrected chi connectivity index (χ4v) is 5.78. The van der Waals surface area contributed by atoms with Crippen LogP contribution in [-0.4, -0.2) is 27.7 Å². The van der Waals surface area contributed by atoms with Gasteiger partial charge in [0.2, 0.25) is 0 Å². The number of carbonyl (C=O) groups is 1. The third-order valence-corrected chi connectivity index (χ3v) is 7.55. The molecule has 0 bridgehead atoms. The summed E-state index contributed by atoms with van der Waals surface area (Å²) in [6, 6.07) is 3.52. The van der Waals surface area contributed by atoms with E-state index in [9.17, 15) is 14.7 Å². The number of methoxy groups -OCH3 is 1. The number of benzene rings is 1. The molecule has 3 aliphatic heterocycles. The zero-order valence-corrected chi connectivity index (χ0v) is 18.2. The maximum Gasteiger partial charge on any atom is 0.343 e. The monoisotopic (exact) mass is 449 g/mol. The molecular formula is C23H19N3O5S. The predicted molar refractivity (Wildman–Crippen MR) is 120 cm³/mol. The largest absolute Gasteiger partial charge is 0.494 e. The molecule has 0 spiro atoms. The number of esters is 1. The number of aliphatic hydroxyl groups is 1. The summed E-state index contributed by atoms with van der Waals surface area (Å²) in [4.78, 5) is 31.5. The van der Waals surface area contributed by atoms with E-state index in [-0.39, 0.29) is 18.6 Å². The van der Waals surface area contributed by atoms with Crippen molar-refractivity contribution in [2.45, 2.75) is 37.0 Å². The summed E-state index contributed by atoms with van der Waals surface area (Å²) >= 11 is 1.51. The van der Waals surface area contributed by atoms with Gasteiger partial charge in [0.15, 0.2) is 5.60 Å². The lowest BCUT2D eigenvalue weighted by atomic mass is 9.86. The number of nitrogens with two attached hydrogens (primary N) is 1. The standard InChI is InChI=1S/C23H19N3O5S/c1-3-23(29)13-6-15-19-11(8-26(15)21(27)12(13)9-31-22(23)28)10-4-5-32-20-17(10)14(25-19)7-16(30-2)18(20)24/h4-7,29H,3,8-9,24H2,1-2H3/t23-/m0/s1. The van der Waals surface area contributed by atoms with Crippen molar-refractivity contribution < 1.29 is 19.4 Å². The fraction of sp³-hybridized carbons (Fsp3) is 0.261. The first-order valence-electron chi connectivity index (χ1n) is 10.2. The van der Waals surface area contributed by atoms with E-state index < -0.39 is 11.6 Å². The molecule has 0 fully saturated rings. The van der Waals surface area contributed by atoms with Crippen LogP contribution in [0.3, 0.4) is 0 Å². The van der Waals surface area contributed by atoms with Gasteiger partial charge in [-0.1, -0.05) is 18.7 Å². The highest BCUT2D eigenvalue weighted by Crippen LogP contribution is 2.48. The molecule has 162 valence electrons. The van der Waals surface area contributed by atoms with Gasteiger partial charge in [-0.3, -0.25) is 4.79 Å². The Morgan fingerprint density at radius 2 is 2.16 bits per heavy atom. The van der Waals surface area contributed by atoms with E-state index >= 15 is 0 Å². The number of hydrogen-bond acceptors (Lipinski definition) is 8. The summed E-state index contributed by atoms with van der Waals surface area (Å²) in [5, 5.41) is 13.9. The van der Waals surface area contributed by atoms with E-state index in [1.54, 1.807) is 30.7 Å². The van der Waals surface area contributed by atoms with Crippen molar-refractivity contribution in [1.82, 2.24) is 9.55 Å². The van der Waals surface area contributed by atoms with E-state index in [0.29, 0.717) is 46.0 Å². The van der Waals surface area contributed by atoms with Crippen molar-refractivity contribution in [2.24, 2.45) is 0 Å². The Balaban J connectivity index is 1.69. The molecule has 3 aliphatic rings. The van der Waals surface area contributed by atoms with Crippen LogP contribution in [0.15, 0.2) is 27.2 Å². The Morgan fingerprint density at radius 1 is 1.34 bits per heavy atom. The summed E-state index contributed by atoms with van der Waals surface area (Å²) in [7, 11) is 1.56. The van der Waals surface area contributed by atoms with Gasteiger partial charge in [-0.15, -0.1) is 0 Å². The van der Waals surface area contributed by atoms with Gasteiger partial charge in [0.1, 0.15) is 12.4 Å². The highest BCUT2D eigenvalue weighted by atomic mass is 32.2. The first kappa shape index (κ1) is 19.4. The lowest BCUT2D eigenvalue weighted by Crippen LogP contribution is -2.44. The maximum atomic E-state index is 13.4. The molecule has 3 aromatic rings. The lowest BCUT2D eigenvalue weighted by Gasteiger charge is -2.31. The molecule has 1 atom stereocenters. The van der Waals surface area contributed by atoms with Gasteiger partial charge in [-0.25, -0.2) is 9.78 Å². The summed E-state index contributed by atoms with van der Waals surface area (Å²) in [5.41, 5.74) is 9.18. The molecule has 5 heterocycles. The van der Waals surface area contributed by atoms with Crippen LogP contribution in [0.4, 0.5) is 5.69 Å². The van der Waals surface area contributed by atoms with Crippen LogP contribution in [0.25, 0.3) is 28.4 Å². The van der Waals surface area contributed by atoms with Crippen LogP contribution in [-0.2, 0) is 28.3 Å². The summed E-state index contributed by atoms with van der Waals surface area (Å²) in [5.74, 6) is -0.195. The van der Waals surface area contributed by atoms with E-state index in [1.807, 2.05) is 11.5 Å². The van der Waals surface area contributed by atoms with E-state index in [4.69, 9.17) is 20.2 Å². The van der Waals surface area contributed by atoms with Crippen molar-refractivity contribution in [3.63, 3.8) is 0 Å². The van der Waals surface area contributed by atoms with Crippen LogP contribution in [0.5, 0.6) is 5.75 Å². The third kappa shape index (κ3) is 2.24. The molecule has 9 heteroatoms. The second kappa shape index (κ2) is 6.36. The fourth-order valence-electron chi connectivity index (χ4n) is 4.88. The zero-order valence-electron chi connectivity index (χ0n) is 17.4. The van der Waals surface area contributed by atoms with Crippen LogP contribution in [0.1, 0.15) is 35.6 Å². The number of fused-ring (bicyclic) bond motifs is 5. The normalized spacial score (nSPS) is 20.0. The average Bonchev–Trinajstić information content (AvgIpc) is 3.18. The highest BCUT2D eigenvalue weighted by molar-refractivity contribution is 8.02. The van der Waals surface area contributed by atoms with E-state index in [2.05, 4.69) is 0 Å². The number of aromatic nitrogens is 2. The molecule has 0 radical (unpaired) electrons. The van der Waals surface area contributed by atoms with E-state index in [1.165, 1.54) is 11.8 Å². The summed E-state index contributed by atoms with van der Waals surface area (Å²) in [6.45, 7) is 1.88. The number of rotatable bonds is 2. The Hall–Kier alpha value is -3.30. The van der Waals surface area contributed by atoms with Crippen molar-refractivity contribution in [3.8, 4) is 17.1 Å². The average molecular weight is 449 g/mol. The smallest absolute Gasteiger partial charge is 0.343 e. The maximum absolute atomic E-state index is 13.4. The molecule has 0 saturated heterocycles. The molecule has 2 aromatic heterocycles. The van der Waals surface area contributed by atoms with Gasteiger partial charge in [-0.2, -0.15) is 0 Å². The van der Waals surface area contributed by atoms with Gasteiger partial charge >= 0.3 is 5.97 Å². The minimum Gasteiger partial charge on any atom is -0.494 e. The SMILES string of the molecule is CC[C@@]1(O)C(=O)OCc2c1cc1n(c2=O)Cc2c-1nc1cc(OC)c(N)c3c1c2C=CS3. The number of cyclic esters (lactones) is 1. The number of pyridine rings is 2. The molecular weight excluding hydrogens is 430 g/mol. The number of thioether (sulfide) groups is 1. The minimum atomic E-state index is -1.85. The molecule has 0 aliphatic carbocycles. The number of nitrogen functional groups attached to an aromatic ring is 1. The topological polar surface area (TPSA) is 117 Å². The first-order chi connectivity index (χ1) is 15.4. The second-order valence-corrected chi connectivity index (χ2v) is 9.01. The third-order valence-electron chi connectivity index (χ3n) is 6.62. The molecule has 0 unspecified atom stereocenters. The number of hydrogen-bond donors (Lipinski definition) is 2. The molecule has 1 aromatic carbocycles. The molecule has 0 amide bonds. The van der Waals surface area contributed by atoms with Gasteiger partial charge in [-0.05, 0) is 29.5 Å². The van der Waals surface area contributed by atoms with Crippen LogP contribution < -0.4 is 16.0 Å². The van der Waals surface area contributed by atoms with Crippen LogP contribution in [0.2, 0.25) is 0 Å². The number of carbonyl (C=O) groups excluding carboxylic acids is 1. The van der Waals surface area contributed by atoms with Gasteiger partial charge < -0.3 is 24.9 Å². The van der Waals surface area contributed by atoms with Gasteiger partial charge in [0.25, 0.3) is 5.56 Å². The number of ether oxygens (including phenoxy) is 2.